The van der Waals surface area contributed by atoms with E-state index in [-0.39, 0.29) is 43.4 Å². The number of benzene rings is 2. The molecule has 2 aliphatic carbocycles. The highest BCUT2D eigenvalue weighted by molar-refractivity contribution is 5.81. The first-order chi connectivity index (χ1) is 16.4. The summed E-state index contributed by atoms with van der Waals surface area (Å²) in [5, 5.41) is 11.9. The van der Waals surface area contributed by atoms with Gasteiger partial charge in [-0.1, -0.05) is 61.4 Å². The van der Waals surface area contributed by atoms with Crippen LogP contribution in [0.1, 0.15) is 55.6 Å². The predicted octanol–water partition coefficient (Wildman–Crippen LogP) is 4.41. The molecule has 2 atom stereocenters. The van der Waals surface area contributed by atoms with Crippen LogP contribution in [0.2, 0.25) is 0 Å². The molecule has 4 rings (SSSR count). The van der Waals surface area contributed by atoms with Gasteiger partial charge in [0, 0.05) is 25.4 Å². The second kappa shape index (κ2) is 10.7. The van der Waals surface area contributed by atoms with Gasteiger partial charge < -0.3 is 20.1 Å². The molecule has 0 bridgehead atoms. The fourth-order valence-electron chi connectivity index (χ4n) is 5.33. The molecular formula is C27H32N2O5. The first-order valence-corrected chi connectivity index (χ1v) is 12.0. The van der Waals surface area contributed by atoms with Crippen molar-refractivity contribution in [3.63, 3.8) is 0 Å². The average Bonchev–Trinajstić information content (AvgIpc) is 3.15. The molecule has 34 heavy (non-hydrogen) atoms. The van der Waals surface area contributed by atoms with Gasteiger partial charge in [0.15, 0.2) is 0 Å². The topological polar surface area (TPSA) is 95.9 Å². The summed E-state index contributed by atoms with van der Waals surface area (Å²) in [7, 11) is 1.50. The minimum atomic E-state index is -1.02. The first-order valence-electron chi connectivity index (χ1n) is 12.0. The van der Waals surface area contributed by atoms with E-state index < -0.39 is 12.1 Å². The molecule has 0 radical (unpaired) electrons. The number of hydrogen-bond acceptors (Lipinski definition) is 4. The van der Waals surface area contributed by atoms with E-state index in [0.29, 0.717) is 6.42 Å². The third-order valence-corrected chi connectivity index (χ3v) is 7.08. The van der Waals surface area contributed by atoms with E-state index in [0.717, 1.165) is 25.7 Å². The Balaban J connectivity index is 1.32. The number of fused-ring (bicyclic) bond motifs is 3. The number of ether oxygens (including phenoxy) is 1. The highest BCUT2D eigenvalue weighted by Gasteiger charge is 2.31. The van der Waals surface area contributed by atoms with Gasteiger partial charge in [0.25, 0.3) is 0 Å². The van der Waals surface area contributed by atoms with Gasteiger partial charge in [-0.15, -0.1) is 0 Å². The number of amides is 2. The summed E-state index contributed by atoms with van der Waals surface area (Å²) in [6.45, 7) is -0.0271. The van der Waals surface area contributed by atoms with Crippen LogP contribution in [0.25, 0.3) is 11.1 Å². The monoisotopic (exact) mass is 464 g/mol. The van der Waals surface area contributed by atoms with Gasteiger partial charge in [-0.05, 0) is 47.4 Å². The number of alkyl carbamates (subject to hydrolysis) is 1. The minimum absolute atomic E-state index is 0.0164. The highest BCUT2D eigenvalue weighted by atomic mass is 16.5. The minimum Gasteiger partial charge on any atom is -0.480 e. The van der Waals surface area contributed by atoms with E-state index in [1.807, 2.05) is 24.3 Å². The molecule has 1 saturated carbocycles. The van der Waals surface area contributed by atoms with Crippen molar-refractivity contribution in [1.29, 1.82) is 0 Å². The Morgan fingerprint density at radius 1 is 1.00 bits per heavy atom. The van der Waals surface area contributed by atoms with Crippen molar-refractivity contribution in [1.82, 2.24) is 10.2 Å². The Bertz CT molecular complexity index is 1010. The van der Waals surface area contributed by atoms with Crippen LogP contribution in [-0.4, -0.2) is 54.2 Å². The highest BCUT2D eigenvalue weighted by Crippen LogP contribution is 2.44. The van der Waals surface area contributed by atoms with Crippen molar-refractivity contribution in [2.75, 3.05) is 20.2 Å². The molecule has 180 valence electrons. The molecule has 7 nitrogen and oxygen atoms in total. The molecule has 0 aromatic heterocycles. The summed E-state index contributed by atoms with van der Waals surface area (Å²) >= 11 is 0. The van der Waals surface area contributed by atoms with E-state index in [1.165, 1.54) is 34.2 Å². The number of nitrogens with zero attached hydrogens (tertiary/aromatic N) is 1. The number of rotatable bonds is 8. The number of nitrogens with one attached hydrogen (secondary N) is 1. The van der Waals surface area contributed by atoms with Gasteiger partial charge in [0.1, 0.15) is 13.2 Å². The molecule has 0 saturated heterocycles. The van der Waals surface area contributed by atoms with Gasteiger partial charge in [-0.2, -0.15) is 0 Å². The van der Waals surface area contributed by atoms with Crippen LogP contribution in [0.3, 0.4) is 0 Å². The predicted molar refractivity (Wildman–Crippen MR) is 128 cm³/mol. The number of carbonyl (C=O) groups excluding carboxylic acids is 2. The molecule has 0 spiro atoms. The van der Waals surface area contributed by atoms with Crippen molar-refractivity contribution in [2.24, 2.45) is 5.92 Å². The summed E-state index contributed by atoms with van der Waals surface area (Å²) in [4.78, 5) is 37.0. The van der Waals surface area contributed by atoms with Crippen LogP contribution in [0.4, 0.5) is 4.79 Å². The standard InChI is InChI=1S/C27H32N2O5/c1-29(16-26(31)32)25(30)15-14-18-8-2-7-13-24(18)28-27(33)34-17-23-21-11-5-3-9-19(21)20-10-4-6-12-22(20)23/h3-6,9-12,18,23-24H,2,7-8,13-17H2,1H3,(H,28,33)(H,31,32). The Labute approximate surface area is 200 Å². The Morgan fingerprint density at radius 2 is 1.62 bits per heavy atom. The van der Waals surface area contributed by atoms with Crippen LogP contribution < -0.4 is 5.32 Å². The van der Waals surface area contributed by atoms with Crippen molar-refractivity contribution in [2.45, 2.75) is 50.5 Å². The zero-order valence-corrected chi connectivity index (χ0v) is 19.5. The maximum atomic E-state index is 12.7. The molecule has 7 heteroatoms. The quantitative estimate of drug-likeness (QED) is 0.603. The SMILES string of the molecule is CN(CC(=O)O)C(=O)CCC1CCCCC1NC(=O)OCC1c2ccccc2-c2ccccc21. The first kappa shape index (κ1) is 23.8. The fraction of sp³-hybridized carbons (Fsp3) is 0.444. The Morgan fingerprint density at radius 3 is 2.26 bits per heavy atom. The second-order valence-corrected chi connectivity index (χ2v) is 9.30. The van der Waals surface area contributed by atoms with Crippen LogP contribution >= 0.6 is 0 Å². The van der Waals surface area contributed by atoms with E-state index in [2.05, 4.69) is 29.6 Å². The van der Waals surface area contributed by atoms with Gasteiger partial charge in [-0.3, -0.25) is 9.59 Å². The molecule has 2 aromatic rings. The fourth-order valence-corrected chi connectivity index (χ4v) is 5.33. The van der Waals surface area contributed by atoms with Gasteiger partial charge >= 0.3 is 12.1 Å². The molecule has 0 aliphatic heterocycles. The third-order valence-electron chi connectivity index (χ3n) is 7.08. The molecular weight excluding hydrogens is 432 g/mol. The molecule has 2 unspecified atom stereocenters. The van der Waals surface area contributed by atoms with Crippen molar-refractivity contribution in [3.8, 4) is 11.1 Å². The van der Waals surface area contributed by atoms with Gasteiger partial charge in [0.2, 0.25) is 5.91 Å². The zero-order valence-electron chi connectivity index (χ0n) is 19.5. The van der Waals surface area contributed by atoms with Crippen LogP contribution in [-0.2, 0) is 14.3 Å². The number of aliphatic carboxylic acids is 1. The van der Waals surface area contributed by atoms with Crippen molar-refractivity contribution >= 4 is 18.0 Å². The van der Waals surface area contributed by atoms with Crippen molar-refractivity contribution < 1.29 is 24.2 Å². The van der Waals surface area contributed by atoms with Crippen LogP contribution in [0, 0.1) is 5.92 Å². The van der Waals surface area contributed by atoms with Gasteiger partial charge in [0.05, 0.1) is 0 Å². The van der Waals surface area contributed by atoms with Crippen LogP contribution in [0.5, 0.6) is 0 Å². The number of carbonyl (C=O) groups is 3. The summed E-state index contributed by atoms with van der Waals surface area (Å²) in [5.41, 5.74) is 4.74. The third kappa shape index (κ3) is 5.41. The lowest BCUT2D eigenvalue weighted by molar-refractivity contribution is -0.143. The maximum Gasteiger partial charge on any atom is 0.407 e. The summed E-state index contributed by atoms with van der Waals surface area (Å²) in [6, 6.07) is 16.4. The summed E-state index contributed by atoms with van der Waals surface area (Å²) in [6.07, 6.45) is 4.35. The summed E-state index contributed by atoms with van der Waals surface area (Å²) in [5.74, 6) is -1.02. The second-order valence-electron chi connectivity index (χ2n) is 9.30. The van der Waals surface area contributed by atoms with E-state index >= 15 is 0 Å². The molecule has 2 N–H and O–H groups in total. The largest absolute Gasteiger partial charge is 0.480 e. The molecule has 2 aliphatic rings. The summed E-state index contributed by atoms with van der Waals surface area (Å²) < 4.78 is 5.71. The Hall–Kier alpha value is -3.35. The normalized spacial score (nSPS) is 19.1. The Kier molecular flexibility index (Phi) is 7.50. The number of likely N-dealkylation sites (N-methyl/N-ethyl adjacent to an activating group) is 1. The smallest absolute Gasteiger partial charge is 0.407 e. The van der Waals surface area contributed by atoms with Crippen molar-refractivity contribution in [3.05, 3.63) is 59.7 Å². The van der Waals surface area contributed by atoms with E-state index in [4.69, 9.17) is 9.84 Å². The zero-order chi connectivity index (χ0) is 24.1. The molecule has 0 heterocycles. The lowest BCUT2D eigenvalue weighted by Crippen LogP contribution is -2.43. The lowest BCUT2D eigenvalue weighted by Gasteiger charge is -2.32. The van der Waals surface area contributed by atoms with E-state index in [1.54, 1.807) is 0 Å². The molecule has 2 amide bonds. The number of carboxylic acid groups (broad SMARTS) is 1. The average molecular weight is 465 g/mol. The number of carboxylic acids is 1. The molecule has 2 aromatic carbocycles. The van der Waals surface area contributed by atoms with Gasteiger partial charge in [-0.25, -0.2) is 4.79 Å². The van der Waals surface area contributed by atoms with E-state index in [9.17, 15) is 14.4 Å². The van der Waals surface area contributed by atoms with Crippen LogP contribution in [0.15, 0.2) is 48.5 Å². The maximum absolute atomic E-state index is 12.7. The lowest BCUT2D eigenvalue weighted by atomic mass is 9.81. The number of hydrogen-bond donors (Lipinski definition) is 2. The molecule has 1 fully saturated rings.